The van der Waals surface area contributed by atoms with Gasteiger partial charge in [0.25, 0.3) is 0 Å². The van der Waals surface area contributed by atoms with Crippen molar-refractivity contribution >= 4 is 50.9 Å². The molecule has 2 aromatic rings. The molecule has 0 saturated carbocycles. The van der Waals surface area contributed by atoms with E-state index in [0.717, 1.165) is 10.5 Å². The zero-order chi connectivity index (χ0) is 19.3. The molecule has 0 spiro atoms. The zero-order valence-corrected chi connectivity index (χ0v) is 16.4. The summed E-state index contributed by atoms with van der Waals surface area (Å²) in [6.45, 7) is 1.59. The second-order valence-electron chi connectivity index (χ2n) is 5.61. The molecule has 0 aliphatic heterocycles. The number of nitrogens with one attached hydrogen (secondary N) is 2. The van der Waals surface area contributed by atoms with Gasteiger partial charge in [-0.15, -0.1) is 0 Å². The van der Waals surface area contributed by atoms with E-state index in [4.69, 9.17) is 11.6 Å². The summed E-state index contributed by atoms with van der Waals surface area (Å²) in [4.78, 5) is 29.9. The number of carbonyl (C=O) groups is 2. The van der Waals surface area contributed by atoms with E-state index in [9.17, 15) is 14.0 Å². The lowest BCUT2D eigenvalue weighted by molar-refractivity contribution is -0.122. The van der Waals surface area contributed by atoms with Gasteiger partial charge in [0.2, 0.25) is 11.8 Å². The fourth-order valence-corrected chi connectivity index (χ4v) is 2.42. The highest BCUT2D eigenvalue weighted by Crippen LogP contribution is 2.19. The molecule has 0 aliphatic carbocycles. The largest absolute Gasteiger partial charge is 0.322 e. The number of benzene rings is 1. The van der Waals surface area contributed by atoms with Crippen molar-refractivity contribution in [3.05, 3.63) is 51.8 Å². The van der Waals surface area contributed by atoms with Crippen molar-refractivity contribution in [3.63, 3.8) is 0 Å². The Morgan fingerprint density at radius 2 is 2.04 bits per heavy atom. The Hall–Kier alpha value is -2.03. The van der Waals surface area contributed by atoms with Gasteiger partial charge in [0, 0.05) is 15.7 Å². The fourth-order valence-electron chi connectivity index (χ4n) is 2.02. The Kier molecular flexibility index (Phi) is 7.07. The lowest BCUT2D eigenvalue weighted by Gasteiger charge is -2.23. The molecule has 0 fully saturated rings. The monoisotopic (exact) mass is 442 g/mol. The lowest BCUT2D eigenvalue weighted by Crippen LogP contribution is -2.43. The number of anilines is 2. The van der Waals surface area contributed by atoms with Gasteiger partial charge in [-0.3, -0.25) is 14.5 Å². The molecule has 0 aliphatic rings. The lowest BCUT2D eigenvalue weighted by atomic mass is 10.2. The number of amides is 2. The molecule has 0 radical (unpaired) electrons. The third-order valence-corrected chi connectivity index (χ3v) is 4.32. The maximum Gasteiger partial charge on any atom is 0.241 e. The summed E-state index contributed by atoms with van der Waals surface area (Å²) >= 11 is 8.95. The SMILES string of the molecule is CC(C(=O)Nc1ccc(Cl)cc1F)N(C)CC(=O)Nc1ccc(Br)cn1. The number of aromatic nitrogens is 1. The minimum absolute atomic E-state index is 0.0307. The van der Waals surface area contributed by atoms with Gasteiger partial charge < -0.3 is 10.6 Å². The van der Waals surface area contributed by atoms with E-state index < -0.39 is 17.8 Å². The van der Waals surface area contributed by atoms with Crippen LogP contribution in [0.3, 0.4) is 0 Å². The van der Waals surface area contributed by atoms with Crippen LogP contribution < -0.4 is 10.6 Å². The Labute approximate surface area is 163 Å². The van der Waals surface area contributed by atoms with Gasteiger partial charge in [-0.05, 0) is 60.2 Å². The molecule has 138 valence electrons. The Morgan fingerprint density at radius 1 is 1.31 bits per heavy atom. The van der Waals surface area contributed by atoms with Crippen LogP contribution in [0.15, 0.2) is 41.0 Å². The number of halogens is 3. The zero-order valence-electron chi connectivity index (χ0n) is 14.1. The molecule has 1 aromatic carbocycles. The number of hydrogen-bond donors (Lipinski definition) is 2. The molecule has 0 saturated heterocycles. The highest BCUT2D eigenvalue weighted by atomic mass is 79.9. The van der Waals surface area contributed by atoms with Gasteiger partial charge in [0.05, 0.1) is 18.3 Å². The predicted octanol–water partition coefficient (Wildman–Crippen LogP) is 3.53. The first-order valence-electron chi connectivity index (χ1n) is 7.64. The van der Waals surface area contributed by atoms with E-state index in [2.05, 4.69) is 31.5 Å². The van der Waals surface area contributed by atoms with Crippen molar-refractivity contribution < 1.29 is 14.0 Å². The van der Waals surface area contributed by atoms with E-state index in [1.807, 2.05) is 0 Å². The molecule has 2 N–H and O–H groups in total. The molecule has 2 amide bonds. The first-order valence-corrected chi connectivity index (χ1v) is 8.81. The van der Waals surface area contributed by atoms with Crippen LogP contribution in [0.2, 0.25) is 5.02 Å². The molecule has 1 aromatic heterocycles. The van der Waals surface area contributed by atoms with E-state index in [0.29, 0.717) is 5.82 Å². The number of nitrogens with zero attached hydrogens (tertiary/aromatic N) is 2. The van der Waals surface area contributed by atoms with Gasteiger partial charge in [-0.25, -0.2) is 9.37 Å². The maximum atomic E-state index is 13.8. The van der Waals surface area contributed by atoms with Gasteiger partial charge >= 0.3 is 0 Å². The highest BCUT2D eigenvalue weighted by Gasteiger charge is 2.21. The van der Waals surface area contributed by atoms with E-state index in [1.54, 1.807) is 32.3 Å². The number of likely N-dealkylation sites (N-methyl/N-ethyl adjacent to an activating group) is 1. The van der Waals surface area contributed by atoms with Crippen LogP contribution >= 0.6 is 27.5 Å². The quantitative estimate of drug-likeness (QED) is 0.716. The highest BCUT2D eigenvalue weighted by molar-refractivity contribution is 9.10. The van der Waals surface area contributed by atoms with Crippen molar-refractivity contribution in [3.8, 4) is 0 Å². The predicted molar refractivity (Wildman–Crippen MR) is 103 cm³/mol. The topological polar surface area (TPSA) is 74.3 Å². The number of carbonyl (C=O) groups excluding carboxylic acids is 2. The summed E-state index contributed by atoms with van der Waals surface area (Å²) in [5.41, 5.74) is 0.0307. The summed E-state index contributed by atoms with van der Waals surface area (Å²) in [7, 11) is 1.62. The van der Waals surface area contributed by atoms with E-state index in [1.165, 1.54) is 17.0 Å². The van der Waals surface area contributed by atoms with Crippen LogP contribution in [-0.2, 0) is 9.59 Å². The second-order valence-corrected chi connectivity index (χ2v) is 6.97. The van der Waals surface area contributed by atoms with Crippen molar-refractivity contribution in [1.29, 1.82) is 0 Å². The molecule has 26 heavy (non-hydrogen) atoms. The Balaban J connectivity index is 1.90. The molecule has 1 heterocycles. The third-order valence-electron chi connectivity index (χ3n) is 3.62. The molecule has 9 heteroatoms. The summed E-state index contributed by atoms with van der Waals surface area (Å²) in [5, 5.41) is 5.36. The van der Waals surface area contributed by atoms with Crippen LogP contribution in [-0.4, -0.2) is 41.3 Å². The van der Waals surface area contributed by atoms with Crippen molar-refractivity contribution in [2.75, 3.05) is 24.2 Å². The van der Waals surface area contributed by atoms with Gasteiger partial charge in [-0.2, -0.15) is 0 Å². The average molecular weight is 444 g/mol. The standard InChI is InChI=1S/C17H17BrClFN4O2/c1-10(17(26)22-14-5-4-12(19)7-13(14)20)24(2)9-16(25)23-15-6-3-11(18)8-21-15/h3-8,10H,9H2,1-2H3,(H,22,26)(H,21,23,25). The Morgan fingerprint density at radius 3 is 2.65 bits per heavy atom. The molecule has 1 unspecified atom stereocenters. The van der Waals surface area contributed by atoms with Crippen LogP contribution in [0.4, 0.5) is 15.9 Å². The van der Waals surface area contributed by atoms with Gasteiger partial charge in [0.15, 0.2) is 0 Å². The molecular weight excluding hydrogens is 427 g/mol. The van der Waals surface area contributed by atoms with Crippen molar-refractivity contribution in [1.82, 2.24) is 9.88 Å². The number of hydrogen-bond acceptors (Lipinski definition) is 4. The van der Waals surface area contributed by atoms with Crippen molar-refractivity contribution in [2.45, 2.75) is 13.0 Å². The first-order chi connectivity index (χ1) is 12.3. The Bertz CT molecular complexity index is 804. The third kappa shape index (κ3) is 5.76. The molecule has 0 bridgehead atoms. The molecule has 6 nitrogen and oxygen atoms in total. The van der Waals surface area contributed by atoms with E-state index >= 15 is 0 Å². The number of pyridine rings is 1. The minimum atomic E-state index is -0.659. The van der Waals surface area contributed by atoms with Crippen molar-refractivity contribution in [2.24, 2.45) is 0 Å². The van der Waals surface area contributed by atoms with Crippen LogP contribution in [0.5, 0.6) is 0 Å². The molecule has 2 rings (SSSR count). The maximum absolute atomic E-state index is 13.8. The molecule has 1 atom stereocenters. The summed E-state index contributed by atoms with van der Waals surface area (Å²) < 4.78 is 14.6. The fraction of sp³-hybridized carbons (Fsp3) is 0.235. The summed E-state index contributed by atoms with van der Waals surface area (Å²) in [6.07, 6.45) is 1.57. The normalized spacial score (nSPS) is 11.9. The summed E-state index contributed by atoms with van der Waals surface area (Å²) in [5.74, 6) is -0.977. The average Bonchev–Trinajstić information content (AvgIpc) is 2.58. The smallest absolute Gasteiger partial charge is 0.241 e. The van der Waals surface area contributed by atoms with Crippen LogP contribution in [0.1, 0.15) is 6.92 Å². The second kappa shape index (κ2) is 9.07. The van der Waals surface area contributed by atoms with Gasteiger partial charge in [-0.1, -0.05) is 11.6 Å². The number of rotatable bonds is 6. The van der Waals surface area contributed by atoms with Crippen LogP contribution in [0, 0.1) is 5.82 Å². The van der Waals surface area contributed by atoms with Gasteiger partial charge in [0.1, 0.15) is 11.6 Å². The summed E-state index contributed by atoms with van der Waals surface area (Å²) in [6, 6.07) is 6.73. The van der Waals surface area contributed by atoms with Crippen LogP contribution in [0.25, 0.3) is 0 Å². The minimum Gasteiger partial charge on any atom is -0.322 e. The molecular formula is C17H17BrClFN4O2. The van der Waals surface area contributed by atoms with E-state index in [-0.39, 0.29) is 23.2 Å². The first kappa shape index (κ1) is 20.3.